The molecule has 106 valence electrons. The number of aromatic amines is 1. The first-order valence-corrected chi connectivity index (χ1v) is 6.08. The van der Waals surface area contributed by atoms with Gasteiger partial charge in [-0.15, -0.1) is 0 Å². The van der Waals surface area contributed by atoms with Crippen molar-refractivity contribution in [3.8, 4) is 11.5 Å². The predicted octanol–water partition coefficient (Wildman–Crippen LogP) is 1.98. The van der Waals surface area contributed by atoms with Gasteiger partial charge in [0.1, 0.15) is 12.3 Å². The quantitative estimate of drug-likeness (QED) is 0.736. The van der Waals surface area contributed by atoms with Crippen molar-refractivity contribution in [3.05, 3.63) is 64.4 Å². The van der Waals surface area contributed by atoms with Crippen LogP contribution in [0.3, 0.4) is 0 Å². The molecule has 21 heavy (non-hydrogen) atoms. The van der Waals surface area contributed by atoms with Gasteiger partial charge in [-0.25, -0.2) is 4.79 Å². The Bertz CT molecular complexity index is 780. The van der Waals surface area contributed by atoms with E-state index in [1.54, 1.807) is 18.2 Å². The first-order chi connectivity index (χ1) is 10.2. The molecular formula is C14H10N2O5. The summed E-state index contributed by atoms with van der Waals surface area (Å²) in [7, 11) is 0. The van der Waals surface area contributed by atoms with Crippen LogP contribution in [0.2, 0.25) is 0 Å². The Labute approximate surface area is 118 Å². The molecular weight excluding hydrogens is 276 g/mol. The standard InChI is InChI=1S/C14H10N2O5/c17-13-4-3-9(7-15-13)14(18)20-8-10-6-12(21-16-10)11-2-1-5-19-11/h1-7H,8H2,(H,15,17). The molecule has 7 heteroatoms. The van der Waals surface area contributed by atoms with Gasteiger partial charge in [-0.3, -0.25) is 4.79 Å². The molecule has 0 radical (unpaired) electrons. The van der Waals surface area contributed by atoms with Crippen molar-refractivity contribution in [2.45, 2.75) is 6.61 Å². The SMILES string of the molecule is O=C(OCc1cc(-c2ccco2)on1)c1ccc(=O)[nH]c1. The Balaban J connectivity index is 1.64. The summed E-state index contributed by atoms with van der Waals surface area (Å²) in [6, 6.07) is 7.73. The number of rotatable bonds is 4. The van der Waals surface area contributed by atoms with E-state index in [1.165, 1.54) is 24.6 Å². The van der Waals surface area contributed by atoms with Gasteiger partial charge in [0.2, 0.25) is 11.3 Å². The molecule has 3 aromatic rings. The van der Waals surface area contributed by atoms with Crippen molar-refractivity contribution in [2.24, 2.45) is 0 Å². The van der Waals surface area contributed by atoms with Crippen LogP contribution in [0.1, 0.15) is 16.1 Å². The maximum absolute atomic E-state index is 11.7. The largest absolute Gasteiger partial charge is 0.461 e. The Morgan fingerprint density at radius 1 is 1.29 bits per heavy atom. The maximum Gasteiger partial charge on any atom is 0.340 e. The number of hydrogen-bond donors (Lipinski definition) is 1. The summed E-state index contributed by atoms with van der Waals surface area (Å²) in [5.41, 5.74) is 0.426. The number of pyridine rings is 1. The second-order valence-corrected chi connectivity index (χ2v) is 4.18. The smallest absolute Gasteiger partial charge is 0.340 e. The summed E-state index contributed by atoms with van der Waals surface area (Å²) in [6.07, 6.45) is 2.81. The van der Waals surface area contributed by atoms with Crippen molar-refractivity contribution in [1.82, 2.24) is 10.1 Å². The third-order valence-corrected chi connectivity index (χ3v) is 2.69. The third-order valence-electron chi connectivity index (χ3n) is 2.69. The molecule has 0 atom stereocenters. The van der Waals surface area contributed by atoms with Crippen LogP contribution < -0.4 is 5.56 Å². The molecule has 3 aromatic heterocycles. The first kappa shape index (κ1) is 12.9. The van der Waals surface area contributed by atoms with Gasteiger partial charge in [0.25, 0.3) is 0 Å². The van der Waals surface area contributed by atoms with E-state index in [4.69, 9.17) is 13.7 Å². The highest BCUT2D eigenvalue weighted by Crippen LogP contribution is 2.20. The molecule has 0 fully saturated rings. The van der Waals surface area contributed by atoms with E-state index in [2.05, 4.69) is 10.1 Å². The predicted molar refractivity (Wildman–Crippen MR) is 70.4 cm³/mol. The molecule has 0 aliphatic heterocycles. The number of furan rings is 1. The fourth-order valence-electron chi connectivity index (χ4n) is 1.68. The number of carbonyl (C=O) groups is 1. The van der Waals surface area contributed by atoms with Gasteiger partial charge in [-0.1, -0.05) is 5.16 Å². The van der Waals surface area contributed by atoms with Crippen LogP contribution in [-0.2, 0) is 11.3 Å². The second-order valence-electron chi connectivity index (χ2n) is 4.18. The van der Waals surface area contributed by atoms with Crippen LogP contribution >= 0.6 is 0 Å². The van der Waals surface area contributed by atoms with Crippen molar-refractivity contribution < 1.29 is 18.5 Å². The Hall–Kier alpha value is -3.09. The van der Waals surface area contributed by atoms with Gasteiger partial charge in [0, 0.05) is 18.3 Å². The molecule has 0 amide bonds. The van der Waals surface area contributed by atoms with Crippen LogP contribution in [-0.4, -0.2) is 16.1 Å². The summed E-state index contributed by atoms with van der Waals surface area (Å²) >= 11 is 0. The van der Waals surface area contributed by atoms with E-state index < -0.39 is 5.97 Å². The van der Waals surface area contributed by atoms with Gasteiger partial charge in [0.15, 0.2) is 5.76 Å². The van der Waals surface area contributed by atoms with E-state index in [0.29, 0.717) is 17.2 Å². The van der Waals surface area contributed by atoms with E-state index in [0.717, 1.165) is 0 Å². The van der Waals surface area contributed by atoms with Crippen LogP contribution in [0.4, 0.5) is 0 Å². The molecule has 0 bridgehead atoms. The number of ether oxygens (including phenoxy) is 1. The van der Waals surface area contributed by atoms with E-state index in [-0.39, 0.29) is 17.7 Å². The van der Waals surface area contributed by atoms with Crippen LogP contribution in [0.15, 0.2) is 56.5 Å². The van der Waals surface area contributed by atoms with Crippen LogP contribution in [0, 0.1) is 0 Å². The monoisotopic (exact) mass is 286 g/mol. The zero-order chi connectivity index (χ0) is 14.7. The number of H-pyrrole nitrogens is 1. The van der Waals surface area contributed by atoms with Gasteiger partial charge in [-0.05, 0) is 18.2 Å². The molecule has 7 nitrogen and oxygen atoms in total. The fraction of sp³-hybridized carbons (Fsp3) is 0.0714. The van der Waals surface area contributed by atoms with Crippen molar-refractivity contribution in [2.75, 3.05) is 0 Å². The average Bonchev–Trinajstić information content (AvgIpc) is 3.16. The lowest BCUT2D eigenvalue weighted by Gasteiger charge is -2.01. The lowest BCUT2D eigenvalue weighted by molar-refractivity contribution is 0.0464. The first-order valence-electron chi connectivity index (χ1n) is 6.08. The highest BCUT2D eigenvalue weighted by Gasteiger charge is 2.12. The molecule has 1 N–H and O–H groups in total. The lowest BCUT2D eigenvalue weighted by Crippen LogP contribution is -2.09. The highest BCUT2D eigenvalue weighted by molar-refractivity contribution is 5.88. The fourth-order valence-corrected chi connectivity index (χ4v) is 1.68. The number of nitrogens with zero attached hydrogens (tertiary/aromatic N) is 1. The Morgan fingerprint density at radius 2 is 2.19 bits per heavy atom. The summed E-state index contributed by atoms with van der Waals surface area (Å²) in [4.78, 5) is 25.0. The minimum atomic E-state index is -0.561. The lowest BCUT2D eigenvalue weighted by atomic mass is 10.3. The summed E-state index contributed by atoms with van der Waals surface area (Å²) in [6.45, 7) is -0.0395. The van der Waals surface area contributed by atoms with Gasteiger partial charge < -0.3 is 18.7 Å². The van der Waals surface area contributed by atoms with E-state index in [9.17, 15) is 9.59 Å². The van der Waals surface area contributed by atoms with Crippen molar-refractivity contribution in [1.29, 1.82) is 0 Å². The summed E-state index contributed by atoms with van der Waals surface area (Å²) < 4.78 is 15.3. The molecule has 0 aliphatic rings. The Morgan fingerprint density at radius 3 is 2.90 bits per heavy atom. The van der Waals surface area contributed by atoms with Crippen molar-refractivity contribution in [3.63, 3.8) is 0 Å². The minimum absolute atomic E-state index is 0.0395. The zero-order valence-electron chi connectivity index (χ0n) is 10.7. The molecule has 3 rings (SSSR count). The topological polar surface area (TPSA) is 98.3 Å². The molecule has 0 saturated carbocycles. The number of hydrogen-bond acceptors (Lipinski definition) is 6. The Kier molecular flexibility index (Phi) is 3.38. The van der Waals surface area contributed by atoms with E-state index in [1.807, 2.05) is 0 Å². The summed E-state index contributed by atoms with van der Waals surface area (Å²) in [5.74, 6) is 0.435. The normalized spacial score (nSPS) is 10.5. The van der Waals surface area contributed by atoms with Gasteiger partial charge in [0.05, 0.1) is 11.8 Å². The number of aromatic nitrogens is 2. The molecule has 0 unspecified atom stereocenters. The van der Waals surface area contributed by atoms with E-state index >= 15 is 0 Å². The minimum Gasteiger partial charge on any atom is -0.461 e. The third kappa shape index (κ3) is 2.92. The second kappa shape index (κ2) is 5.49. The van der Waals surface area contributed by atoms with Gasteiger partial charge >= 0.3 is 5.97 Å². The van der Waals surface area contributed by atoms with Gasteiger partial charge in [-0.2, -0.15) is 0 Å². The van der Waals surface area contributed by atoms with Crippen LogP contribution in [0.5, 0.6) is 0 Å². The number of nitrogens with one attached hydrogen (secondary N) is 1. The molecule has 0 aliphatic carbocycles. The zero-order valence-corrected chi connectivity index (χ0v) is 10.7. The maximum atomic E-state index is 11.7. The average molecular weight is 286 g/mol. The molecule has 0 saturated heterocycles. The number of carbonyl (C=O) groups excluding carboxylic acids is 1. The summed E-state index contributed by atoms with van der Waals surface area (Å²) in [5, 5.41) is 3.78. The molecule has 3 heterocycles. The molecule has 0 spiro atoms. The highest BCUT2D eigenvalue weighted by atomic mass is 16.5. The number of esters is 1. The molecule has 0 aromatic carbocycles. The van der Waals surface area contributed by atoms with Crippen molar-refractivity contribution >= 4 is 5.97 Å². The van der Waals surface area contributed by atoms with Crippen LogP contribution in [0.25, 0.3) is 11.5 Å².